The minimum atomic E-state index is -0.907. The summed E-state index contributed by atoms with van der Waals surface area (Å²) >= 11 is 0. The monoisotopic (exact) mass is 345 g/mol. The number of aryl methyl sites for hydroxylation is 1. The Morgan fingerprint density at radius 1 is 1.08 bits per heavy atom. The van der Waals surface area contributed by atoms with E-state index >= 15 is 0 Å². The van der Waals surface area contributed by atoms with E-state index in [1.54, 1.807) is 6.92 Å². The van der Waals surface area contributed by atoms with Gasteiger partial charge in [-0.1, -0.05) is 24.3 Å². The lowest BCUT2D eigenvalue weighted by Crippen LogP contribution is -2.28. The van der Waals surface area contributed by atoms with E-state index in [2.05, 4.69) is 25.7 Å². The molecule has 2 N–H and O–H groups in total. The van der Waals surface area contributed by atoms with Gasteiger partial charge in [-0.15, -0.1) is 20.4 Å². The van der Waals surface area contributed by atoms with E-state index in [0.717, 1.165) is 11.1 Å². The van der Waals surface area contributed by atoms with Crippen LogP contribution in [0, 0.1) is 6.92 Å². The number of hydrogen-bond acceptors (Lipinski definition) is 7. The number of rotatable bonds is 9. The van der Waals surface area contributed by atoms with Crippen LogP contribution in [0.3, 0.4) is 0 Å². The van der Waals surface area contributed by atoms with Crippen LogP contribution in [-0.4, -0.2) is 57.1 Å². The van der Waals surface area contributed by atoms with Crippen LogP contribution in [-0.2, 0) is 20.7 Å². The van der Waals surface area contributed by atoms with Gasteiger partial charge in [0.05, 0.1) is 26.1 Å². The van der Waals surface area contributed by atoms with Gasteiger partial charge in [-0.3, -0.25) is 9.59 Å². The van der Waals surface area contributed by atoms with Crippen LogP contribution in [0.5, 0.6) is 0 Å². The normalized spacial score (nSPS) is 10.4. The number of carboxylic acids is 1. The largest absolute Gasteiger partial charge is 0.481 e. The molecule has 1 aromatic heterocycles. The molecule has 1 amide bonds. The van der Waals surface area contributed by atoms with Crippen molar-refractivity contribution in [2.45, 2.75) is 19.8 Å². The number of aliphatic carboxylic acids is 1. The van der Waals surface area contributed by atoms with Crippen molar-refractivity contribution in [3.8, 4) is 11.4 Å². The lowest BCUT2D eigenvalue weighted by Gasteiger charge is -2.06. The molecule has 0 saturated heterocycles. The first-order valence-electron chi connectivity index (χ1n) is 7.74. The Morgan fingerprint density at radius 2 is 1.76 bits per heavy atom. The lowest BCUT2D eigenvalue weighted by atomic mass is 10.1. The third-order valence-electron chi connectivity index (χ3n) is 3.18. The first-order valence-corrected chi connectivity index (χ1v) is 7.74. The predicted molar refractivity (Wildman–Crippen MR) is 87.6 cm³/mol. The minimum Gasteiger partial charge on any atom is -0.481 e. The second kappa shape index (κ2) is 9.38. The smallest absolute Gasteiger partial charge is 0.305 e. The van der Waals surface area contributed by atoms with E-state index in [4.69, 9.17) is 9.84 Å². The van der Waals surface area contributed by atoms with Crippen LogP contribution in [0.15, 0.2) is 24.3 Å². The van der Waals surface area contributed by atoms with E-state index in [-0.39, 0.29) is 32.0 Å². The van der Waals surface area contributed by atoms with Crippen molar-refractivity contribution in [1.82, 2.24) is 25.7 Å². The third kappa shape index (κ3) is 6.60. The first kappa shape index (κ1) is 18.4. The Bertz CT molecular complexity index is 703. The SMILES string of the molecule is Cc1nnc(-c2ccc(CC(=O)NCCOCCC(=O)O)cc2)nn1. The average molecular weight is 345 g/mol. The average Bonchev–Trinajstić information content (AvgIpc) is 2.59. The maximum atomic E-state index is 11.8. The number of nitrogens with zero attached hydrogens (tertiary/aromatic N) is 4. The van der Waals surface area contributed by atoms with Crippen molar-refractivity contribution in [2.75, 3.05) is 19.8 Å². The van der Waals surface area contributed by atoms with Gasteiger partial charge in [0.1, 0.15) is 0 Å². The van der Waals surface area contributed by atoms with Crippen LogP contribution in [0.1, 0.15) is 17.8 Å². The van der Waals surface area contributed by atoms with E-state index in [0.29, 0.717) is 18.2 Å². The molecule has 9 nitrogen and oxygen atoms in total. The number of ether oxygens (including phenoxy) is 1. The van der Waals surface area contributed by atoms with Crippen molar-refractivity contribution < 1.29 is 19.4 Å². The van der Waals surface area contributed by atoms with Gasteiger partial charge in [0.25, 0.3) is 0 Å². The Morgan fingerprint density at radius 3 is 2.40 bits per heavy atom. The number of nitrogens with one attached hydrogen (secondary N) is 1. The first-order chi connectivity index (χ1) is 12.0. The zero-order valence-corrected chi connectivity index (χ0v) is 13.8. The summed E-state index contributed by atoms with van der Waals surface area (Å²) in [5.74, 6) is -0.108. The Balaban J connectivity index is 1.74. The van der Waals surface area contributed by atoms with Gasteiger partial charge in [-0.05, 0) is 12.5 Å². The molecule has 25 heavy (non-hydrogen) atoms. The molecule has 0 spiro atoms. The Kier molecular flexibility index (Phi) is 6.90. The molecule has 1 aromatic carbocycles. The molecule has 0 bridgehead atoms. The van der Waals surface area contributed by atoms with E-state index in [1.165, 1.54) is 0 Å². The highest BCUT2D eigenvalue weighted by molar-refractivity contribution is 5.78. The van der Waals surface area contributed by atoms with Crippen molar-refractivity contribution in [1.29, 1.82) is 0 Å². The number of carbonyl (C=O) groups is 2. The number of carboxylic acid groups (broad SMARTS) is 1. The number of amides is 1. The maximum Gasteiger partial charge on any atom is 0.305 e. The zero-order chi connectivity index (χ0) is 18.1. The van der Waals surface area contributed by atoms with Crippen molar-refractivity contribution >= 4 is 11.9 Å². The predicted octanol–water partition coefficient (Wildman–Crippen LogP) is 0.392. The number of carbonyl (C=O) groups excluding carboxylic acids is 1. The van der Waals surface area contributed by atoms with Crippen LogP contribution < -0.4 is 5.32 Å². The summed E-state index contributed by atoms with van der Waals surface area (Å²) in [6.07, 6.45) is 0.191. The molecule has 2 rings (SSSR count). The maximum absolute atomic E-state index is 11.8. The quantitative estimate of drug-likeness (QED) is 0.625. The summed E-state index contributed by atoms with van der Waals surface area (Å²) in [5, 5.41) is 26.8. The fourth-order valence-corrected chi connectivity index (χ4v) is 1.94. The van der Waals surface area contributed by atoms with E-state index in [1.807, 2.05) is 24.3 Å². The topological polar surface area (TPSA) is 127 Å². The Labute approximate surface area is 144 Å². The molecule has 0 aliphatic rings. The second-order valence-electron chi connectivity index (χ2n) is 5.25. The molecule has 132 valence electrons. The molecule has 0 atom stereocenters. The molecule has 0 aliphatic heterocycles. The van der Waals surface area contributed by atoms with Gasteiger partial charge in [0, 0.05) is 12.1 Å². The zero-order valence-electron chi connectivity index (χ0n) is 13.8. The van der Waals surface area contributed by atoms with Gasteiger partial charge in [0.2, 0.25) is 11.7 Å². The van der Waals surface area contributed by atoms with E-state index in [9.17, 15) is 9.59 Å². The summed E-state index contributed by atoms with van der Waals surface area (Å²) in [6.45, 7) is 2.47. The fraction of sp³-hybridized carbons (Fsp3) is 0.375. The van der Waals surface area contributed by atoms with Gasteiger partial charge in [-0.2, -0.15) is 0 Å². The lowest BCUT2D eigenvalue weighted by molar-refractivity contribution is -0.138. The van der Waals surface area contributed by atoms with Gasteiger partial charge >= 0.3 is 5.97 Å². The molecular weight excluding hydrogens is 326 g/mol. The summed E-state index contributed by atoms with van der Waals surface area (Å²) in [7, 11) is 0. The minimum absolute atomic E-state index is 0.0456. The summed E-state index contributed by atoms with van der Waals surface area (Å²) < 4.78 is 5.10. The van der Waals surface area contributed by atoms with Crippen LogP contribution >= 0.6 is 0 Å². The molecule has 0 fully saturated rings. The van der Waals surface area contributed by atoms with Crippen LogP contribution in [0.2, 0.25) is 0 Å². The number of aromatic nitrogens is 4. The van der Waals surface area contributed by atoms with Crippen molar-refractivity contribution in [3.63, 3.8) is 0 Å². The highest BCUT2D eigenvalue weighted by atomic mass is 16.5. The molecule has 0 radical (unpaired) electrons. The van der Waals surface area contributed by atoms with Gasteiger partial charge < -0.3 is 15.2 Å². The van der Waals surface area contributed by atoms with Crippen LogP contribution in [0.25, 0.3) is 11.4 Å². The molecule has 0 saturated carbocycles. The van der Waals surface area contributed by atoms with Gasteiger partial charge in [0.15, 0.2) is 5.82 Å². The molecule has 0 unspecified atom stereocenters. The molecule has 2 aromatic rings. The molecule has 9 heteroatoms. The summed E-state index contributed by atoms with van der Waals surface area (Å²) in [6, 6.07) is 7.26. The standard InChI is InChI=1S/C16H19N5O4/c1-11-18-20-16(21-19-11)13-4-2-12(3-5-13)10-14(22)17-7-9-25-8-6-15(23)24/h2-5H,6-10H2,1H3,(H,17,22)(H,23,24). The Hall–Kier alpha value is -2.94. The van der Waals surface area contributed by atoms with E-state index < -0.39 is 5.97 Å². The highest BCUT2D eigenvalue weighted by Crippen LogP contribution is 2.14. The highest BCUT2D eigenvalue weighted by Gasteiger charge is 2.06. The molecule has 1 heterocycles. The summed E-state index contributed by atoms with van der Waals surface area (Å²) in [5.41, 5.74) is 1.62. The third-order valence-corrected chi connectivity index (χ3v) is 3.18. The number of benzene rings is 1. The number of hydrogen-bond donors (Lipinski definition) is 2. The van der Waals surface area contributed by atoms with Gasteiger partial charge in [-0.25, -0.2) is 0 Å². The fourth-order valence-electron chi connectivity index (χ4n) is 1.94. The van der Waals surface area contributed by atoms with Crippen LogP contribution in [0.4, 0.5) is 0 Å². The van der Waals surface area contributed by atoms with Crippen molar-refractivity contribution in [2.24, 2.45) is 0 Å². The second-order valence-corrected chi connectivity index (χ2v) is 5.25. The summed E-state index contributed by atoms with van der Waals surface area (Å²) in [4.78, 5) is 22.1. The molecular formula is C16H19N5O4. The molecule has 0 aliphatic carbocycles. The van der Waals surface area contributed by atoms with Crippen molar-refractivity contribution in [3.05, 3.63) is 35.7 Å².